The lowest BCUT2D eigenvalue weighted by molar-refractivity contribution is -0.132. The first-order chi connectivity index (χ1) is 13.9. The Morgan fingerprint density at radius 3 is 2.59 bits per heavy atom. The van der Waals surface area contributed by atoms with E-state index in [9.17, 15) is 14.4 Å². The van der Waals surface area contributed by atoms with Crippen LogP contribution in [0.3, 0.4) is 0 Å². The van der Waals surface area contributed by atoms with E-state index < -0.39 is 11.8 Å². The number of aryl methyl sites for hydroxylation is 1. The number of nitrogens with zero attached hydrogens (tertiary/aromatic N) is 1. The van der Waals surface area contributed by atoms with Crippen molar-refractivity contribution in [3.8, 4) is 5.75 Å². The summed E-state index contributed by atoms with van der Waals surface area (Å²) in [5.41, 5.74) is 6.89. The van der Waals surface area contributed by atoms with Crippen molar-refractivity contribution in [2.24, 2.45) is 0 Å². The molecule has 152 valence electrons. The van der Waals surface area contributed by atoms with Crippen LogP contribution in [0.5, 0.6) is 5.75 Å². The number of ether oxygens (including phenoxy) is 1. The van der Waals surface area contributed by atoms with Crippen molar-refractivity contribution < 1.29 is 19.1 Å². The molecule has 1 aliphatic heterocycles. The molecule has 0 aromatic heterocycles. The maximum Gasteiger partial charge on any atom is 0.269 e. The Balaban J connectivity index is 1.46. The van der Waals surface area contributed by atoms with Crippen LogP contribution in [0, 0.1) is 6.92 Å². The molecular weight excluding hydrogens is 414 g/mol. The van der Waals surface area contributed by atoms with Crippen molar-refractivity contribution in [1.82, 2.24) is 15.8 Å². The van der Waals surface area contributed by atoms with Crippen LogP contribution in [-0.2, 0) is 16.2 Å². The van der Waals surface area contributed by atoms with Gasteiger partial charge in [-0.15, -0.1) is 11.8 Å². The van der Waals surface area contributed by atoms with E-state index in [4.69, 9.17) is 16.3 Å². The van der Waals surface area contributed by atoms with Gasteiger partial charge in [0.2, 0.25) is 5.91 Å². The fourth-order valence-electron chi connectivity index (χ4n) is 2.58. The summed E-state index contributed by atoms with van der Waals surface area (Å²) >= 11 is 7.45. The molecule has 9 heteroatoms. The van der Waals surface area contributed by atoms with Crippen molar-refractivity contribution in [3.05, 3.63) is 64.2 Å². The quantitative estimate of drug-likeness (QED) is 0.683. The van der Waals surface area contributed by atoms with Gasteiger partial charge in [0.15, 0.2) is 0 Å². The highest BCUT2D eigenvalue weighted by Gasteiger charge is 2.23. The topological polar surface area (TPSA) is 87.7 Å². The molecule has 0 radical (unpaired) electrons. The summed E-state index contributed by atoms with van der Waals surface area (Å²) in [6.07, 6.45) is 0. The van der Waals surface area contributed by atoms with Gasteiger partial charge in [-0.1, -0.05) is 23.7 Å². The molecule has 0 aliphatic carbocycles. The van der Waals surface area contributed by atoms with Gasteiger partial charge < -0.3 is 9.64 Å². The average molecular weight is 434 g/mol. The summed E-state index contributed by atoms with van der Waals surface area (Å²) in [7, 11) is 0. The van der Waals surface area contributed by atoms with Gasteiger partial charge in [0.05, 0.1) is 11.6 Å². The van der Waals surface area contributed by atoms with Gasteiger partial charge in [-0.3, -0.25) is 25.2 Å². The van der Waals surface area contributed by atoms with E-state index in [1.807, 2.05) is 13.0 Å². The number of carbonyl (C=O) groups excluding carboxylic acids is 3. The highest BCUT2D eigenvalue weighted by molar-refractivity contribution is 8.00. The second-order valence-electron chi connectivity index (χ2n) is 6.47. The second kappa shape index (κ2) is 9.67. The predicted octanol–water partition coefficient (Wildman–Crippen LogP) is 2.52. The first-order valence-corrected chi connectivity index (χ1v) is 10.4. The maximum absolute atomic E-state index is 12.2. The molecule has 0 unspecified atom stereocenters. The van der Waals surface area contributed by atoms with Gasteiger partial charge in [-0.05, 0) is 48.4 Å². The maximum atomic E-state index is 12.2. The van der Waals surface area contributed by atoms with Crippen molar-refractivity contribution >= 4 is 41.1 Å². The first-order valence-electron chi connectivity index (χ1n) is 8.85. The Bertz CT molecular complexity index is 920. The smallest absolute Gasteiger partial charge is 0.269 e. The number of rotatable bonds is 6. The third-order valence-corrected chi connectivity index (χ3v) is 5.60. The van der Waals surface area contributed by atoms with Gasteiger partial charge in [0.1, 0.15) is 18.9 Å². The van der Waals surface area contributed by atoms with Crippen LogP contribution in [0.15, 0.2) is 42.5 Å². The number of hydrazine groups is 1. The number of hydrogen-bond acceptors (Lipinski definition) is 5. The van der Waals surface area contributed by atoms with Crippen LogP contribution in [0.25, 0.3) is 0 Å². The Morgan fingerprint density at radius 2 is 1.93 bits per heavy atom. The molecule has 0 bridgehead atoms. The second-order valence-corrected chi connectivity index (χ2v) is 7.83. The van der Waals surface area contributed by atoms with Crippen LogP contribution in [0.2, 0.25) is 5.02 Å². The van der Waals surface area contributed by atoms with Crippen molar-refractivity contribution in [2.75, 3.05) is 18.2 Å². The Kier molecular flexibility index (Phi) is 7.00. The number of carbonyl (C=O) groups is 3. The molecule has 1 heterocycles. The molecule has 2 N–H and O–H groups in total. The molecule has 2 aromatic carbocycles. The van der Waals surface area contributed by atoms with E-state index in [2.05, 4.69) is 10.9 Å². The minimum absolute atomic E-state index is 0.0768. The molecular formula is C20H20ClN3O4S. The molecule has 29 heavy (non-hydrogen) atoms. The standard InChI is InChI=1S/C20H20ClN3O4S/c1-13-8-16(6-7-17(13)21)28-10-14-2-4-15(5-3-14)20(27)23-22-18(25)9-24-12-29-11-19(24)26/h2-8H,9-12H2,1H3,(H,22,25)(H,23,27). The normalized spacial score (nSPS) is 13.3. The van der Waals surface area contributed by atoms with E-state index in [1.165, 1.54) is 16.7 Å². The lowest BCUT2D eigenvalue weighted by atomic mass is 10.1. The van der Waals surface area contributed by atoms with Gasteiger partial charge >= 0.3 is 0 Å². The van der Waals surface area contributed by atoms with E-state index in [0.29, 0.717) is 34.6 Å². The summed E-state index contributed by atoms with van der Waals surface area (Å²) in [4.78, 5) is 36.9. The summed E-state index contributed by atoms with van der Waals surface area (Å²) in [6.45, 7) is 2.18. The van der Waals surface area contributed by atoms with Crippen LogP contribution >= 0.6 is 23.4 Å². The lowest BCUT2D eigenvalue weighted by Gasteiger charge is -2.14. The zero-order valence-corrected chi connectivity index (χ0v) is 17.3. The number of halogens is 1. The molecule has 7 nitrogen and oxygen atoms in total. The van der Waals surface area contributed by atoms with E-state index in [-0.39, 0.29) is 12.5 Å². The predicted molar refractivity (Wildman–Crippen MR) is 112 cm³/mol. The van der Waals surface area contributed by atoms with Crippen LogP contribution < -0.4 is 15.6 Å². The molecule has 3 amide bonds. The fraction of sp³-hybridized carbons (Fsp3) is 0.250. The SMILES string of the molecule is Cc1cc(OCc2ccc(C(=O)NNC(=O)CN3CSCC3=O)cc2)ccc1Cl. The third-order valence-electron chi connectivity index (χ3n) is 4.23. The fourth-order valence-corrected chi connectivity index (χ4v) is 3.60. The van der Waals surface area contributed by atoms with Crippen molar-refractivity contribution in [3.63, 3.8) is 0 Å². The first kappa shape index (κ1) is 21.0. The van der Waals surface area contributed by atoms with Crippen LogP contribution in [0.4, 0.5) is 0 Å². The minimum Gasteiger partial charge on any atom is -0.489 e. The summed E-state index contributed by atoms with van der Waals surface area (Å²) < 4.78 is 5.73. The van der Waals surface area contributed by atoms with Crippen molar-refractivity contribution in [2.45, 2.75) is 13.5 Å². The highest BCUT2D eigenvalue weighted by Crippen LogP contribution is 2.22. The molecule has 1 aliphatic rings. The number of hydrogen-bond donors (Lipinski definition) is 2. The van der Waals surface area contributed by atoms with E-state index in [0.717, 1.165) is 11.1 Å². The Hall–Kier alpha value is -2.71. The lowest BCUT2D eigenvalue weighted by Crippen LogP contribution is -2.46. The Labute approximate surface area is 177 Å². The molecule has 0 spiro atoms. The van der Waals surface area contributed by atoms with E-state index >= 15 is 0 Å². The molecule has 1 fully saturated rings. The molecule has 3 rings (SSSR count). The largest absolute Gasteiger partial charge is 0.489 e. The van der Waals surface area contributed by atoms with Gasteiger partial charge in [0.25, 0.3) is 11.8 Å². The molecule has 0 atom stereocenters. The monoisotopic (exact) mass is 433 g/mol. The Morgan fingerprint density at radius 1 is 1.17 bits per heavy atom. The van der Waals surface area contributed by atoms with Gasteiger partial charge in [-0.2, -0.15) is 0 Å². The third kappa shape index (κ3) is 5.88. The zero-order chi connectivity index (χ0) is 20.8. The average Bonchev–Trinajstić information content (AvgIpc) is 3.12. The van der Waals surface area contributed by atoms with Crippen LogP contribution in [-0.4, -0.2) is 40.8 Å². The molecule has 1 saturated heterocycles. The molecule has 2 aromatic rings. The summed E-state index contributed by atoms with van der Waals surface area (Å²) in [5.74, 6) is 0.611. The minimum atomic E-state index is -0.447. The highest BCUT2D eigenvalue weighted by atomic mass is 35.5. The number of nitrogens with one attached hydrogen (secondary N) is 2. The molecule has 0 saturated carbocycles. The van der Waals surface area contributed by atoms with Gasteiger partial charge in [0, 0.05) is 10.6 Å². The number of thioether (sulfide) groups is 1. The van der Waals surface area contributed by atoms with Crippen LogP contribution in [0.1, 0.15) is 21.5 Å². The number of benzene rings is 2. The van der Waals surface area contributed by atoms with E-state index in [1.54, 1.807) is 36.4 Å². The summed E-state index contributed by atoms with van der Waals surface area (Å²) in [6, 6.07) is 12.3. The zero-order valence-electron chi connectivity index (χ0n) is 15.7. The van der Waals surface area contributed by atoms with Gasteiger partial charge in [-0.25, -0.2) is 0 Å². The number of amides is 3. The van der Waals surface area contributed by atoms with Crippen molar-refractivity contribution in [1.29, 1.82) is 0 Å². The summed E-state index contributed by atoms with van der Waals surface area (Å²) in [5, 5.41) is 0.686.